The van der Waals surface area contributed by atoms with Crippen LogP contribution in [-0.2, 0) is 14.3 Å². The van der Waals surface area contributed by atoms with Gasteiger partial charge in [-0.1, -0.05) is 12.7 Å². The van der Waals surface area contributed by atoms with Crippen LogP contribution in [0.2, 0.25) is 0 Å². The van der Waals surface area contributed by atoms with Crippen molar-refractivity contribution >= 4 is 11.9 Å². The second-order valence-corrected chi connectivity index (χ2v) is 1.85. The smallest absolute Gasteiger partial charge is 0.373 e. The lowest BCUT2D eigenvalue weighted by Crippen LogP contribution is -2.05. The van der Waals surface area contributed by atoms with E-state index in [1.807, 2.05) is 0 Å². The van der Waals surface area contributed by atoms with E-state index >= 15 is 0 Å². The molecule has 0 aromatic heterocycles. The Hall–Kier alpha value is -1.78. The van der Waals surface area contributed by atoms with Crippen LogP contribution in [-0.4, -0.2) is 28.8 Å². The molecule has 0 atom stereocenters. The summed E-state index contributed by atoms with van der Waals surface area (Å²) in [6.07, 6.45) is 1.40. The van der Waals surface area contributed by atoms with Crippen LogP contribution < -0.4 is 0 Å². The largest absolute Gasteiger partial charge is 0.502 e. The number of aliphatic carboxylic acids is 1. The van der Waals surface area contributed by atoms with E-state index < -0.39 is 17.7 Å². The van der Waals surface area contributed by atoms with E-state index in [-0.39, 0.29) is 6.61 Å². The van der Waals surface area contributed by atoms with Gasteiger partial charge in [0.05, 0.1) is 0 Å². The summed E-state index contributed by atoms with van der Waals surface area (Å²) < 4.78 is 4.35. The topological polar surface area (TPSA) is 83.8 Å². The maximum Gasteiger partial charge on any atom is 0.373 e. The van der Waals surface area contributed by atoms with Crippen LogP contribution >= 0.6 is 0 Å². The van der Waals surface area contributed by atoms with Gasteiger partial charge in [-0.2, -0.15) is 0 Å². The lowest BCUT2D eigenvalue weighted by Gasteiger charge is -1.96. The Morgan fingerprint density at radius 3 is 2.08 bits per heavy atom. The highest BCUT2D eigenvalue weighted by atomic mass is 16.5. The Morgan fingerprint density at radius 1 is 1.46 bits per heavy atom. The third-order valence-electron chi connectivity index (χ3n) is 0.568. The van der Waals surface area contributed by atoms with Gasteiger partial charge in [-0.3, -0.25) is 4.79 Å². The molecule has 2 N–H and O–H groups in total. The number of aliphatic hydroxyl groups excluding tert-OH is 1. The number of rotatable bonds is 3. The molecule has 0 aliphatic heterocycles. The molecule has 0 amide bonds. The number of carbonyl (C=O) groups is 2. The molecule has 13 heavy (non-hydrogen) atoms. The molecule has 5 heteroatoms. The fraction of sp³-hybridized carbons (Fsp3) is 0.250. The molecule has 0 saturated carbocycles. The van der Waals surface area contributed by atoms with Crippen molar-refractivity contribution in [3.8, 4) is 0 Å². The minimum absolute atomic E-state index is 0.0956. The van der Waals surface area contributed by atoms with Crippen molar-refractivity contribution in [1.82, 2.24) is 0 Å². The molecule has 74 valence electrons. The molecule has 5 nitrogen and oxygen atoms in total. The Bertz CT molecular complexity index is 203. The number of carboxylic acid groups (broad SMARTS) is 1. The number of esters is 1. The highest BCUT2D eigenvalue weighted by Gasteiger charge is 2.02. The van der Waals surface area contributed by atoms with Crippen molar-refractivity contribution in [3.63, 3.8) is 0 Å². The van der Waals surface area contributed by atoms with Gasteiger partial charge in [0, 0.05) is 6.92 Å². The van der Waals surface area contributed by atoms with Gasteiger partial charge in [-0.25, -0.2) is 4.79 Å². The second kappa shape index (κ2) is 8.32. The molecule has 0 aliphatic rings. The summed E-state index contributed by atoms with van der Waals surface area (Å²) >= 11 is 0. The molecule has 0 saturated heterocycles. The van der Waals surface area contributed by atoms with Gasteiger partial charge in [-0.15, -0.1) is 0 Å². The Labute approximate surface area is 75.9 Å². The van der Waals surface area contributed by atoms with Crippen molar-refractivity contribution in [3.05, 3.63) is 25.0 Å². The monoisotopic (exact) mass is 188 g/mol. The fourth-order valence-electron chi connectivity index (χ4n) is 0.218. The predicted octanol–water partition coefficient (Wildman–Crippen LogP) is 0.878. The lowest BCUT2D eigenvalue weighted by molar-refractivity contribution is -0.140. The van der Waals surface area contributed by atoms with Crippen LogP contribution in [0.4, 0.5) is 0 Å². The first-order chi connectivity index (χ1) is 5.91. The third-order valence-corrected chi connectivity index (χ3v) is 0.568. The summed E-state index contributed by atoms with van der Waals surface area (Å²) in [7, 11) is 0. The maximum atomic E-state index is 10.3. The number of ether oxygens (including phenoxy) is 1. The zero-order chi connectivity index (χ0) is 10.9. The maximum absolute atomic E-state index is 10.3. The van der Waals surface area contributed by atoms with Crippen LogP contribution in [0.15, 0.2) is 25.0 Å². The van der Waals surface area contributed by atoms with Gasteiger partial charge >= 0.3 is 5.97 Å². The van der Waals surface area contributed by atoms with Gasteiger partial charge in [0.2, 0.25) is 0 Å². The van der Waals surface area contributed by atoms with Crippen molar-refractivity contribution in [1.29, 1.82) is 0 Å². The first-order valence-corrected chi connectivity index (χ1v) is 3.27. The highest BCUT2D eigenvalue weighted by molar-refractivity contribution is 5.84. The van der Waals surface area contributed by atoms with Crippen molar-refractivity contribution in [2.75, 3.05) is 6.61 Å². The third kappa shape index (κ3) is 17.8. The summed E-state index contributed by atoms with van der Waals surface area (Å²) in [6.45, 7) is 7.44. The second-order valence-electron chi connectivity index (χ2n) is 1.85. The number of carboxylic acids is 1. The minimum Gasteiger partial charge on any atom is -0.502 e. The summed E-state index contributed by atoms with van der Waals surface area (Å²) in [6, 6.07) is 0. The zero-order valence-corrected chi connectivity index (χ0v) is 7.32. The first-order valence-electron chi connectivity index (χ1n) is 3.27. The van der Waals surface area contributed by atoms with Gasteiger partial charge in [0.15, 0.2) is 5.76 Å². The SMILES string of the molecule is C=CCOC(=O)C(=C)O.CC(=O)O. The minimum atomic E-state index is -0.833. The summed E-state index contributed by atoms with van der Waals surface area (Å²) in [4.78, 5) is 19.3. The van der Waals surface area contributed by atoms with E-state index in [2.05, 4.69) is 17.9 Å². The number of hydrogen-bond donors (Lipinski definition) is 2. The molecule has 0 rings (SSSR count). The normalized spacial score (nSPS) is 7.46. The molecular weight excluding hydrogens is 176 g/mol. The number of hydrogen-bond acceptors (Lipinski definition) is 4. The zero-order valence-electron chi connectivity index (χ0n) is 7.32. The number of aliphatic hydroxyl groups is 1. The van der Waals surface area contributed by atoms with Crippen LogP contribution in [0.5, 0.6) is 0 Å². The molecule has 0 heterocycles. The summed E-state index contributed by atoms with van der Waals surface area (Å²) in [5.74, 6) is -2.23. The van der Waals surface area contributed by atoms with Gasteiger partial charge in [0.1, 0.15) is 6.61 Å². The van der Waals surface area contributed by atoms with Crippen LogP contribution in [0.3, 0.4) is 0 Å². The molecule has 0 bridgehead atoms. The molecular formula is C8H12O5. The van der Waals surface area contributed by atoms with E-state index in [1.165, 1.54) is 6.08 Å². The van der Waals surface area contributed by atoms with E-state index in [4.69, 9.17) is 15.0 Å². The Balaban J connectivity index is 0. The van der Waals surface area contributed by atoms with Crippen LogP contribution in [0.25, 0.3) is 0 Å². The quantitative estimate of drug-likeness (QED) is 0.297. The molecule has 0 aliphatic carbocycles. The highest BCUT2D eigenvalue weighted by Crippen LogP contribution is 1.87. The molecule has 0 aromatic rings. The van der Waals surface area contributed by atoms with Gasteiger partial charge < -0.3 is 14.9 Å². The van der Waals surface area contributed by atoms with E-state index in [0.717, 1.165) is 6.92 Å². The first kappa shape index (κ1) is 13.8. The molecule has 0 unspecified atom stereocenters. The summed E-state index contributed by atoms with van der Waals surface area (Å²) in [5, 5.41) is 15.8. The average Bonchev–Trinajstić information content (AvgIpc) is 1.98. The van der Waals surface area contributed by atoms with Crippen molar-refractivity contribution < 1.29 is 24.5 Å². The summed E-state index contributed by atoms with van der Waals surface area (Å²) in [5.41, 5.74) is 0. The molecule has 0 spiro atoms. The van der Waals surface area contributed by atoms with E-state index in [9.17, 15) is 4.79 Å². The van der Waals surface area contributed by atoms with Gasteiger partial charge in [-0.05, 0) is 6.58 Å². The van der Waals surface area contributed by atoms with Crippen LogP contribution in [0, 0.1) is 0 Å². The van der Waals surface area contributed by atoms with E-state index in [1.54, 1.807) is 0 Å². The average molecular weight is 188 g/mol. The van der Waals surface area contributed by atoms with Crippen molar-refractivity contribution in [2.45, 2.75) is 6.92 Å². The van der Waals surface area contributed by atoms with Crippen molar-refractivity contribution in [2.24, 2.45) is 0 Å². The van der Waals surface area contributed by atoms with E-state index in [0.29, 0.717) is 0 Å². The Kier molecular flexibility index (Phi) is 8.82. The predicted molar refractivity (Wildman–Crippen MR) is 46.2 cm³/mol. The molecule has 0 fully saturated rings. The van der Waals surface area contributed by atoms with Gasteiger partial charge in [0.25, 0.3) is 5.97 Å². The number of carbonyl (C=O) groups excluding carboxylic acids is 1. The molecule has 0 aromatic carbocycles. The standard InChI is InChI=1S/C6H8O3.C2H4O2/c1-3-4-9-6(8)5(2)7;1-2(3)4/h3,7H,1-2,4H2;1H3,(H,3,4). The molecule has 0 radical (unpaired) electrons. The lowest BCUT2D eigenvalue weighted by atomic mass is 10.6. The fourth-order valence-corrected chi connectivity index (χ4v) is 0.218. The van der Waals surface area contributed by atoms with Crippen LogP contribution in [0.1, 0.15) is 6.92 Å². The Morgan fingerprint density at radius 2 is 1.85 bits per heavy atom.